The van der Waals surface area contributed by atoms with Crippen molar-refractivity contribution in [1.82, 2.24) is 4.90 Å². The molecular formula is C37H36Cl2FN3O7. The lowest BCUT2D eigenvalue weighted by Crippen LogP contribution is -2.52. The number of halogens is 3. The first-order valence-corrected chi connectivity index (χ1v) is 16.9. The van der Waals surface area contributed by atoms with Gasteiger partial charge in [-0.05, 0) is 79.9 Å². The summed E-state index contributed by atoms with van der Waals surface area (Å²) in [5, 5.41) is 15.2. The van der Waals surface area contributed by atoms with Gasteiger partial charge in [0.1, 0.15) is 28.1 Å². The first-order valence-electron chi connectivity index (χ1n) is 16.2. The molecule has 3 aliphatic rings. The number of carbonyl (C=O) groups is 2. The van der Waals surface area contributed by atoms with E-state index >= 15 is 4.39 Å². The van der Waals surface area contributed by atoms with Gasteiger partial charge in [-0.15, -0.1) is 0 Å². The van der Waals surface area contributed by atoms with Crippen LogP contribution in [0, 0.1) is 16.9 Å². The molecule has 0 radical (unpaired) electrons. The van der Waals surface area contributed by atoms with Crippen molar-refractivity contribution in [3.05, 3.63) is 122 Å². The zero-order valence-corrected chi connectivity index (χ0v) is 29.0. The number of nitrogens with zero attached hydrogens (tertiary/aromatic N) is 2. The average Bonchev–Trinajstić information content (AvgIpc) is 3.12. The highest BCUT2D eigenvalue weighted by molar-refractivity contribution is 6.35. The summed E-state index contributed by atoms with van der Waals surface area (Å²) in [6.07, 6.45) is 3.17. The summed E-state index contributed by atoms with van der Waals surface area (Å²) in [6, 6.07) is 16.3. The molecule has 3 saturated heterocycles. The summed E-state index contributed by atoms with van der Waals surface area (Å²) in [6.45, 7) is 2.66. The Hall–Kier alpha value is -4.58. The second-order valence-corrected chi connectivity index (χ2v) is 13.1. The van der Waals surface area contributed by atoms with Crippen LogP contribution < -0.4 is 19.5 Å². The Morgan fingerprint density at radius 2 is 1.66 bits per heavy atom. The average molecular weight is 725 g/mol. The fourth-order valence-electron chi connectivity index (χ4n) is 6.49. The van der Waals surface area contributed by atoms with Gasteiger partial charge in [0.25, 0.3) is 0 Å². The van der Waals surface area contributed by atoms with Crippen molar-refractivity contribution in [2.24, 2.45) is 5.92 Å². The molecule has 1 unspecified atom stereocenters. The van der Waals surface area contributed by atoms with Crippen molar-refractivity contribution in [1.29, 1.82) is 0 Å². The minimum absolute atomic E-state index is 0.0470. The number of hydrogen-bond acceptors (Lipinski definition) is 9. The number of methoxy groups -OCH3 is 2. The molecule has 3 atom stereocenters. The van der Waals surface area contributed by atoms with Gasteiger partial charge >= 0.3 is 11.9 Å². The Balaban J connectivity index is 1.22. The number of anilines is 1. The van der Waals surface area contributed by atoms with Gasteiger partial charge < -0.3 is 29.5 Å². The van der Waals surface area contributed by atoms with Gasteiger partial charge in [-0.25, -0.2) is 14.0 Å². The number of pyridine rings is 1. The summed E-state index contributed by atoms with van der Waals surface area (Å²) >= 11 is 12.8. The lowest BCUT2D eigenvalue weighted by molar-refractivity contribution is -0.605. The number of aromatic nitrogens is 1. The molecule has 0 aliphatic carbocycles. The third-order valence-electron chi connectivity index (χ3n) is 9.22. The molecule has 13 heteroatoms. The summed E-state index contributed by atoms with van der Waals surface area (Å²) in [5.74, 6) is -0.590. The van der Waals surface area contributed by atoms with E-state index in [0.29, 0.717) is 39.6 Å². The number of fused-ring (bicyclic) bond motifs is 3. The SMILES string of the molecule is COc1ccc([C@H](Cc2c(Cl)c[n+]([O-])cc2Cl)OC(=O)c2ccc(NC(C(=O)O[C@H]3CN4CCC3CC4)c3ccccc3F)cc2)cc1OC. The number of esters is 2. The maximum Gasteiger partial charge on any atom is 0.338 e. The largest absolute Gasteiger partial charge is 0.619 e. The topological polar surface area (TPSA) is 113 Å². The van der Waals surface area contributed by atoms with Gasteiger partial charge in [-0.1, -0.05) is 47.5 Å². The minimum atomic E-state index is -1.12. The van der Waals surface area contributed by atoms with Crippen LogP contribution in [0.1, 0.15) is 52.0 Å². The molecule has 262 valence electrons. The highest BCUT2D eigenvalue weighted by atomic mass is 35.5. The molecule has 0 spiro atoms. The molecule has 3 fully saturated rings. The molecule has 1 N–H and O–H groups in total. The molecular weight excluding hydrogens is 688 g/mol. The summed E-state index contributed by atoms with van der Waals surface area (Å²) in [4.78, 5) is 29.4. The van der Waals surface area contributed by atoms with Crippen molar-refractivity contribution in [3.8, 4) is 11.5 Å². The van der Waals surface area contributed by atoms with Crippen LogP contribution in [0.2, 0.25) is 10.0 Å². The van der Waals surface area contributed by atoms with E-state index in [1.807, 2.05) is 0 Å². The Kier molecular flexibility index (Phi) is 11.0. The normalized spacial score (nSPS) is 19.3. The molecule has 7 rings (SSSR count). The highest BCUT2D eigenvalue weighted by Gasteiger charge is 2.38. The van der Waals surface area contributed by atoms with Gasteiger partial charge in [0.15, 0.2) is 29.9 Å². The van der Waals surface area contributed by atoms with Gasteiger partial charge in [0, 0.05) is 29.8 Å². The molecule has 1 aromatic heterocycles. The van der Waals surface area contributed by atoms with E-state index in [1.165, 1.54) is 44.8 Å². The van der Waals surface area contributed by atoms with Crippen LogP contribution in [-0.4, -0.2) is 56.8 Å². The molecule has 2 bridgehead atoms. The lowest BCUT2D eigenvalue weighted by Gasteiger charge is -2.44. The van der Waals surface area contributed by atoms with E-state index in [-0.39, 0.29) is 39.6 Å². The van der Waals surface area contributed by atoms with Crippen molar-refractivity contribution in [2.75, 3.05) is 39.2 Å². The molecule has 3 aliphatic heterocycles. The second-order valence-electron chi connectivity index (χ2n) is 12.3. The number of ether oxygens (including phenoxy) is 4. The summed E-state index contributed by atoms with van der Waals surface area (Å²) in [7, 11) is 3.00. The molecule has 50 heavy (non-hydrogen) atoms. The molecule has 0 saturated carbocycles. The molecule has 3 aromatic carbocycles. The van der Waals surface area contributed by atoms with Crippen LogP contribution in [0.4, 0.5) is 10.1 Å². The fraction of sp³-hybridized carbons (Fsp3) is 0.324. The zero-order valence-electron chi connectivity index (χ0n) is 27.4. The van der Waals surface area contributed by atoms with E-state index in [0.717, 1.165) is 25.9 Å². The smallest absolute Gasteiger partial charge is 0.338 e. The third kappa shape index (κ3) is 7.90. The maximum atomic E-state index is 15.0. The number of piperidine rings is 3. The van der Waals surface area contributed by atoms with E-state index in [4.69, 9.17) is 42.1 Å². The van der Waals surface area contributed by atoms with Crippen molar-refractivity contribution in [3.63, 3.8) is 0 Å². The molecule has 4 aromatic rings. The van der Waals surface area contributed by atoms with Crippen LogP contribution in [0.25, 0.3) is 0 Å². The standard InChI is InChI=1S/C37H36Cl2FN3O7/c1-47-31-12-9-24(17-33(31)48-2)32(18-27-28(38)19-43(46)20-29(27)39)49-36(44)23-7-10-25(11-8-23)41-35(26-5-3-4-6-30(26)40)37(45)50-34-21-42-15-13-22(34)14-16-42/h3-12,17,19-20,22,32,34-35,41H,13-16,18,21H2,1-2H3/t32-,34-,35?/m0/s1. The van der Waals surface area contributed by atoms with Crippen molar-refractivity contribution in [2.45, 2.75) is 37.5 Å². The number of benzene rings is 3. The molecule has 0 amide bonds. The quantitative estimate of drug-likeness (QED) is 0.0968. The predicted molar refractivity (Wildman–Crippen MR) is 185 cm³/mol. The van der Waals surface area contributed by atoms with Gasteiger partial charge in [-0.2, -0.15) is 4.73 Å². The molecule has 10 nitrogen and oxygen atoms in total. The highest BCUT2D eigenvalue weighted by Crippen LogP contribution is 2.36. The first kappa shape index (κ1) is 35.3. The van der Waals surface area contributed by atoms with Crippen LogP contribution in [0.5, 0.6) is 11.5 Å². The minimum Gasteiger partial charge on any atom is -0.619 e. The predicted octanol–water partition coefficient (Wildman–Crippen LogP) is 6.71. The summed E-state index contributed by atoms with van der Waals surface area (Å²) < 4.78 is 38.3. The van der Waals surface area contributed by atoms with E-state index in [9.17, 15) is 14.8 Å². The van der Waals surface area contributed by atoms with Gasteiger partial charge in [0.2, 0.25) is 0 Å². The Labute approximate surface area is 299 Å². The first-order chi connectivity index (χ1) is 24.1. The Bertz CT molecular complexity index is 1830. The number of rotatable bonds is 12. The Morgan fingerprint density at radius 1 is 0.980 bits per heavy atom. The van der Waals surface area contributed by atoms with Gasteiger partial charge in [-0.3, -0.25) is 4.90 Å². The van der Waals surface area contributed by atoms with Crippen molar-refractivity contribution < 1.29 is 37.7 Å². The summed E-state index contributed by atoms with van der Waals surface area (Å²) in [5.41, 5.74) is 1.80. The number of hydrogen-bond donors (Lipinski definition) is 1. The lowest BCUT2D eigenvalue weighted by atomic mass is 9.86. The monoisotopic (exact) mass is 723 g/mol. The van der Waals surface area contributed by atoms with E-state index < -0.39 is 29.9 Å². The maximum absolute atomic E-state index is 15.0. The Morgan fingerprint density at radius 3 is 2.28 bits per heavy atom. The zero-order chi connectivity index (χ0) is 35.4. The number of nitrogens with one attached hydrogen (secondary N) is 1. The van der Waals surface area contributed by atoms with Crippen molar-refractivity contribution >= 4 is 40.8 Å². The van der Waals surface area contributed by atoms with Crippen LogP contribution in [0.15, 0.2) is 79.1 Å². The van der Waals surface area contributed by atoms with Crippen LogP contribution in [-0.2, 0) is 20.7 Å². The molecule has 4 heterocycles. The van der Waals surface area contributed by atoms with E-state index in [1.54, 1.807) is 48.5 Å². The van der Waals surface area contributed by atoms with Gasteiger partial charge in [0.05, 0.1) is 19.8 Å². The van der Waals surface area contributed by atoms with Crippen LogP contribution in [0.3, 0.4) is 0 Å². The second kappa shape index (κ2) is 15.5. The van der Waals surface area contributed by atoms with E-state index in [2.05, 4.69) is 10.2 Å². The third-order valence-corrected chi connectivity index (χ3v) is 9.87. The van der Waals surface area contributed by atoms with Crippen LogP contribution >= 0.6 is 23.2 Å². The fourth-order valence-corrected chi connectivity index (χ4v) is 7.09. The number of carbonyl (C=O) groups excluding carboxylic acids is 2.